The number of nitrogens with two attached hydrogens (primary N) is 1. The fourth-order valence-electron chi connectivity index (χ4n) is 2.29. The number of nitrogens with one attached hydrogen (secondary N) is 1. The zero-order valence-corrected chi connectivity index (χ0v) is 11.5. The number of hydrogen-bond donors (Lipinski definition) is 2. The third-order valence-corrected chi connectivity index (χ3v) is 3.40. The van der Waals surface area contributed by atoms with E-state index in [2.05, 4.69) is 15.1 Å². The van der Waals surface area contributed by atoms with Gasteiger partial charge in [-0.25, -0.2) is 4.39 Å². The molecule has 0 atom stereocenters. The van der Waals surface area contributed by atoms with Crippen molar-refractivity contribution in [1.82, 2.24) is 10.2 Å². The predicted octanol–water partition coefficient (Wildman–Crippen LogP) is 0.0226. The van der Waals surface area contributed by atoms with Gasteiger partial charge in [0.1, 0.15) is 5.82 Å². The minimum absolute atomic E-state index is 0.0192. The monoisotopic (exact) mass is 280 g/mol. The van der Waals surface area contributed by atoms with Crippen LogP contribution in [0.3, 0.4) is 0 Å². The number of halogens is 1. The minimum atomic E-state index is -0.219. The van der Waals surface area contributed by atoms with Crippen molar-refractivity contribution >= 4 is 11.6 Å². The van der Waals surface area contributed by atoms with Crippen molar-refractivity contribution < 1.29 is 9.18 Å². The van der Waals surface area contributed by atoms with E-state index >= 15 is 0 Å². The molecule has 110 valence electrons. The summed E-state index contributed by atoms with van der Waals surface area (Å²) in [4.78, 5) is 15.9. The molecule has 3 N–H and O–H groups in total. The van der Waals surface area contributed by atoms with Crippen LogP contribution in [0.15, 0.2) is 24.3 Å². The standard InChI is InChI=1S/C14H21FN4O/c15-12-1-3-13(4-2-12)19-9-7-18(8-10-19)11-14(20)17-6-5-16/h1-4H,5-11,16H2,(H,17,20). The quantitative estimate of drug-likeness (QED) is 0.798. The molecule has 1 amide bonds. The molecular weight excluding hydrogens is 259 g/mol. The van der Waals surface area contributed by atoms with Gasteiger partial charge >= 0.3 is 0 Å². The number of benzene rings is 1. The van der Waals surface area contributed by atoms with E-state index in [1.54, 1.807) is 12.1 Å². The molecule has 1 aliphatic rings. The molecule has 0 bridgehead atoms. The first-order valence-corrected chi connectivity index (χ1v) is 6.88. The number of hydrogen-bond acceptors (Lipinski definition) is 4. The highest BCUT2D eigenvalue weighted by molar-refractivity contribution is 5.78. The lowest BCUT2D eigenvalue weighted by atomic mass is 10.2. The molecule has 2 rings (SSSR count). The molecule has 5 nitrogen and oxygen atoms in total. The molecule has 6 heteroatoms. The Kier molecular flexibility index (Phi) is 5.31. The average molecular weight is 280 g/mol. The van der Waals surface area contributed by atoms with E-state index in [1.165, 1.54) is 12.1 Å². The van der Waals surface area contributed by atoms with Gasteiger partial charge in [0.2, 0.25) is 5.91 Å². The maximum absolute atomic E-state index is 12.9. The van der Waals surface area contributed by atoms with Crippen LogP contribution in [-0.4, -0.2) is 56.6 Å². The second-order valence-corrected chi connectivity index (χ2v) is 4.88. The molecule has 0 aromatic heterocycles. The summed E-state index contributed by atoms with van der Waals surface area (Å²) >= 11 is 0. The lowest BCUT2D eigenvalue weighted by molar-refractivity contribution is -0.122. The smallest absolute Gasteiger partial charge is 0.234 e. The Bertz CT molecular complexity index is 429. The highest BCUT2D eigenvalue weighted by Gasteiger charge is 2.18. The van der Waals surface area contributed by atoms with E-state index in [0.717, 1.165) is 31.9 Å². The summed E-state index contributed by atoms with van der Waals surface area (Å²) in [6.07, 6.45) is 0. The van der Waals surface area contributed by atoms with Crippen LogP contribution >= 0.6 is 0 Å². The summed E-state index contributed by atoms with van der Waals surface area (Å²) < 4.78 is 12.9. The molecule has 0 saturated carbocycles. The number of amides is 1. The fourth-order valence-corrected chi connectivity index (χ4v) is 2.29. The molecule has 1 heterocycles. The van der Waals surface area contributed by atoms with Crippen LogP contribution < -0.4 is 16.0 Å². The van der Waals surface area contributed by atoms with Crippen LogP contribution in [0.5, 0.6) is 0 Å². The van der Waals surface area contributed by atoms with Gasteiger partial charge in [-0.05, 0) is 24.3 Å². The van der Waals surface area contributed by atoms with Crippen molar-refractivity contribution in [3.63, 3.8) is 0 Å². The van der Waals surface area contributed by atoms with Gasteiger partial charge in [0.25, 0.3) is 0 Å². The van der Waals surface area contributed by atoms with Crippen molar-refractivity contribution in [3.05, 3.63) is 30.1 Å². The van der Waals surface area contributed by atoms with Gasteiger partial charge in [0.05, 0.1) is 6.54 Å². The summed E-state index contributed by atoms with van der Waals surface area (Å²) in [5.41, 5.74) is 6.37. The van der Waals surface area contributed by atoms with Gasteiger partial charge in [-0.3, -0.25) is 9.69 Å². The van der Waals surface area contributed by atoms with Crippen molar-refractivity contribution in [2.45, 2.75) is 0 Å². The first-order valence-electron chi connectivity index (χ1n) is 6.88. The Morgan fingerprint density at radius 2 is 1.85 bits per heavy atom. The van der Waals surface area contributed by atoms with Crippen LogP contribution in [-0.2, 0) is 4.79 Å². The van der Waals surface area contributed by atoms with Gasteiger partial charge in [-0.1, -0.05) is 0 Å². The highest BCUT2D eigenvalue weighted by atomic mass is 19.1. The Labute approximate surface area is 118 Å². The van der Waals surface area contributed by atoms with Gasteiger partial charge in [0.15, 0.2) is 0 Å². The maximum atomic E-state index is 12.9. The van der Waals surface area contributed by atoms with Gasteiger partial charge in [-0.15, -0.1) is 0 Å². The van der Waals surface area contributed by atoms with E-state index < -0.39 is 0 Å². The minimum Gasteiger partial charge on any atom is -0.369 e. The summed E-state index contributed by atoms with van der Waals surface area (Å²) in [7, 11) is 0. The molecule has 20 heavy (non-hydrogen) atoms. The summed E-state index contributed by atoms with van der Waals surface area (Å²) in [5, 5.41) is 2.77. The topological polar surface area (TPSA) is 61.6 Å². The van der Waals surface area contributed by atoms with Crippen LogP contribution in [0.25, 0.3) is 0 Å². The fraction of sp³-hybridized carbons (Fsp3) is 0.500. The first kappa shape index (κ1) is 14.7. The van der Waals surface area contributed by atoms with E-state index in [1.807, 2.05) is 0 Å². The summed E-state index contributed by atoms with van der Waals surface area (Å²) in [5.74, 6) is -0.199. The Morgan fingerprint density at radius 3 is 2.45 bits per heavy atom. The van der Waals surface area contributed by atoms with Crippen LogP contribution in [0, 0.1) is 5.82 Å². The van der Waals surface area contributed by atoms with Gasteiger partial charge < -0.3 is 16.0 Å². The molecule has 1 aromatic rings. The van der Waals surface area contributed by atoms with E-state index in [0.29, 0.717) is 19.6 Å². The molecule has 0 spiro atoms. The zero-order chi connectivity index (χ0) is 14.4. The van der Waals surface area contributed by atoms with Crippen molar-refractivity contribution in [3.8, 4) is 0 Å². The van der Waals surface area contributed by atoms with E-state index in [9.17, 15) is 9.18 Å². The number of piperazine rings is 1. The molecule has 1 aromatic carbocycles. The lowest BCUT2D eigenvalue weighted by Crippen LogP contribution is -2.49. The second kappa shape index (κ2) is 7.21. The van der Waals surface area contributed by atoms with Crippen molar-refractivity contribution in [1.29, 1.82) is 0 Å². The number of carbonyl (C=O) groups excluding carboxylic acids is 1. The first-order chi connectivity index (χ1) is 9.69. The summed E-state index contributed by atoms with van der Waals surface area (Å²) in [6.45, 7) is 4.74. The lowest BCUT2D eigenvalue weighted by Gasteiger charge is -2.35. The zero-order valence-electron chi connectivity index (χ0n) is 11.5. The van der Waals surface area contributed by atoms with E-state index in [-0.39, 0.29) is 11.7 Å². The number of nitrogens with zero attached hydrogens (tertiary/aromatic N) is 2. The number of rotatable bonds is 5. The second-order valence-electron chi connectivity index (χ2n) is 4.88. The average Bonchev–Trinajstić information content (AvgIpc) is 2.47. The van der Waals surface area contributed by atoms with E-state index in [4.69, 9.17) is 5.73 Å². The van der Waals surface area contributed by atoms with Gasteiger partial charge in [0, 0.05) is 45.0 Å². The van der Waals surface area contributed by atoms with Crippen LogP contribution in [0.2, 0.25) is 0 Å². The highest BCUT2D eigenvalue weighted by Crippen LogP contribution is 2.16. The molecule has 1 aliphatic heterocycles. The van der Waals surface area contributed by atoms with Gasteiger partial charge in [-0.2, -0.15) is 0 Å². The molecule has 0 aliphatic carbocycles. The normalized spacial score (nSPS) is 16.2. The van der Waals surface area contributed by atoms with Crippen LogP contribution in [0.1, 0.15) is 0 Å². The molecule has 0 radical (unpaired) electrons. The Balaban J connectivity index is 1.77. The summed E-state index contributed by atoms with van der Waals surface area (Å²) in [6, 6.07) is 6.53. The maximum Gasteiger partial charge on any atom is 0.234 e. The third kappa shape index (κ3) is 4.18. The number of carbonyl (C=O) groups is 1. The largest absolute Gasteiger partial charge is 0.369 e. The number of anilines is 1. The Morgan fingerprint density at radius 1 is 1.20 bits per heavy atom. The van der Waals surface area contributed by atoms with Crippen LogP contribution in [0.4, 0.5) is 10.1 Å². The van der Waals surface area contributed by atoms with Crippen molar-refractivity contribution in [2.75, 3.05) is 50.7 Å². The van der Waals surface area contributed by atoms with Crippen molar-refractivity contribution in [2.24, 2.45) is 5.73 Å². The SMILES string of the molecule is NCCNC(=O)CN1CCN(c2ccc(F)cc2)CC1. The Hall–Kier alpha value is -1.66. The molecule has 0 unspecified atom stereocenters. The molecule has 1 fully saturated rings. The molecular formula is C14H21FN4O. The molecule has 1 saturated heterocycles. The third-order valence-electron chi connectivity index (χ3n) is 3.40. The predicted molar refractivity (Wildman–Crippen MR) is 77.1 cm³/mol.